The number of rotatable bonds is 5. The number of nitrogens with one attached hydrogen (secondary N) is 1. The second-order valence-corrected chi connectivity index (χ2v) is 5.70. The molecule has 0 bridgehead atoms. The zero-order chi connectivity index (χ0) is 13.7. The van der Waals surface area contributed by atoms with Crippen molar-refractivity contribution in [3.8, 4) is 10.6 Å². The Balaban J connectivity index is 1.99. The standard InChI is InChI=1S/C15H18N2OS/c1-11(2)8-9-16-14(18)13-10-19-15(17-13)12-6-4-3-5-7-12/h3-7,10-11H,8-9H2,1-2H3,(H,16,18). The molecule has 0 saturated carbocycles. The summed E-state index contributed by atoms with van der Waals surface area (Å²) < 4.78 is 0. The number of carbonyl (C=O) groups excluding carboxylic acids is 1. The van der Waals surface area contributed by atoms with E-state index in [4.69, 9.17) is 0 Å². The van der Waals surface area contributed by atoms with E-state index < -0.39 is 0 Å². The van der Waals surface area contributed by atoms with Gasteiger partial charge in [-0.2, -0.15) is 0 Å². The first kappa shape index (κ1) is 13.7. The smallest absolute Gasteiger partial charge is 0.270 e. The van der Waals surface area contributed by atoms with Crippen molar-refractivity contribution in [2.45, 2.75) is 20.3 Å². The van der Waals surface area contributed by atoms with Gasteiger partial charge in [-0.05, 0) is 12.3 Å². The summed E-state index contributed by atoms with van der Waals surface area (Å²) in [5, 5.41) is 5.60. The number of hydrogen-bond acceptors (Lipinski definition) is 3. The highest BCUT2D eigenvalue weighted by Crippen LogP contribution is 2.23. The van der Waals surface area contributed by atoms with Gasteiger partial charge in [-0.25, -0.2) is 4.98 Å². The van der Waals surface area contributed by atoms with Crippen molar-refractivity contribution in [3.63, 3.8) is 0 Å². The summed E-state index contributed by atoms with van der Waals surface area (Å²) in [5.41, 5.74) is 1.56. The van der Waals surface area contributed by atoms with E-state index in [1.165, 1.54) is 11.3 Å². The molecule has 0 saturated heterocycles. The third-order valence-electron chi connectivity index (χ3n) is 2.76. The maximum Gasteiger partial charge on any atom is 0.270 e. The Morgan fingerprint density at radius 1 is 1.32 bits per heavy atom. The van der Waals surface area contributed by atoms with Gasteiger partial charge in [0.15, 0.2) is 0 Å². The van der Waals surface area contributed by atoms with Gasteiger partial charge in [-0.1, -0.05) is 44.2 Å². The predicted molar refractivity (Wildman–Crippen MR) is 79.3 cm³/mol. The molecule has 1 aromatic heterocycles. The van der Waals surface area contributed by atoms with Crippen molar-refractivity contribution in [1.29, 1.82) is 0 Å². The van der Waals surface area contributed by atoms with E-state index in [1.807, 2.05) is 35.7 Å². The van der Waals surface area contributed by atoms with E-state index >= 15 is 0 Å². The van der Waals surface area contributed by atoms with Crippen LogP contribution in [-0.4, -0.2) is 17.4 Å². The Bertz CT molecular complexity index is 534. The van der Waals surface area contributed by atoms with Gasteiger partial charge in [0.2, 0.25) is 0 Å². The third kappa shape index (κ3) is 3.89. The van der Waals surface area contributed by atoms with E-state index in [-0.39, 0.29) is 5.91 Å². The van der Waals surface area contributed by atoms with Crippen LogP contribution in [0.15, 0.2) is 35.7 Å². The first-order valence-electron chi connectivity index (χ1n) is 6.46. The quantitative estimate of drug-likeness (QED) is 0.905. The molecule has 4 heteroatoms. The number of thiazole rings is 1. The topological polar surface area (TPSA) is 42.0 Å². The van der Waals surface area contributed by atoms with Gasteiger partial charge in [0.1, 0.15) is 10.7 Å². The van der Waals surface area contributed by atoms with Crippen molar-refractivity contribution >= 4 is 17.2 Å². The molecule has 3 nitrogen and oxygen atoms in total. The lowest BCUT2D eigenvalue weighted by atomic mass is 10.1. The molecule has 0 aliphatic rings. The molecule has 2 aromatic rings. The fraction of sp³-hybridized carbons (Fsp3) is 0.333. The molecule has 1 heterocycles. The van der Waals surface area contributed by atoms with Crippen LogP contribution in [0, 0.1) is 5.92 Å². The van der Waals surface area contributed by atoms with Crippen LogP contribution in [0.1, 0.15) is 30.8 Å². The molecule has 0 unspecified atom stereocenters. The van der Waals surface area contributed by atoms with Crippen molar-refractivity contribution in [2.24, 2.45) is 5.92 Å². The van der Waals surface area contributed by atoms with E-state index in [0.29, 0.717) is 18.2 Å². The lowest BCUT2D eigenvalue weighted by Crippen LogP contribution is -2.25. The molecule has 0 radical (unpaired) electrons. The number of carbonyl (C=O) groups is 1. The van der Waals surface area contributed by atoms with Crippen LogP contribution in [0.4, 0.5) is 0 Å². The van der Waals surface area contributed by atoms with Crippen LogP contribution in [0.3, 0.4) is 0 Å². The van der Waals surface area contributed by atoms with Crippen LogP contribution >= 0.6 is 11.3 Å². The molecule has 0 atom stereocenters. The molecular formula is C15H18N2OS. The SMILES string of the molecule is CC(C)CCNC(=O)c1csc(-c2ccccc2)n1. The zero-order valence-electron chi connectivity index (χ0n) is 11.2. The maximum absolute atomic E-state index is 11.9. The molecule has 0 aliphatic heterocycles. The van der Waals surface area contributed by atoms with Crippen molar-refractivity contribution in [3.05, 3.63) is 41.4 Å². The Labute approximate surface area is 117 Å². The second-order valence-electron chi connectivity index (χ2n) is 4.84. The van der Waals surface area contributed by atoms with Gasteiger partial charge >= 0.3 is 0 Å². The monoisotopic (exact) mass is 274 g/mol. The normalized spacial score (nSPS) is 10.7. The average Bonchev–Trinajstić information content (AvgIpc) is 2.89. The third-order valence-corrected chi connectivity index (χ3v) is 3.66. The second kappa shape index (κ2) is 6.48. The molecule has 0 spiro atoms. The van der Waals surface area contributed by atoms with Gasteiger partial charge in [0, 0.05) is 17.5 Å². The summed E-state index contributed by atoms with van der Waals surface area (Å²) >= 11 is 1.50. The highest BCUT2D eigenvalue weighted by molar-refractivity contribution is 7.13. The lowest BCUT2D eigenvalue weighted by Gasteiger charge is -2.05. The van der Waals surface area contributed by atoms with E-state index in [0.717, 1.165) is 17.0 Å². The van der Waals surface area contributed by atoms with E-state index in [9.17, 15) is 4.79 Å². The first-order chi connectivity index (χ1) is 9.16. The molecule has 1 aromatic carbocycles. The largest absolute Gasteiger partial charge is 0.351 e. The fourth-order valence-electron chi connectivity index (χ4n) is 1.66. The number of hydrogen-bond donors (Lipinski definition) is 1. The van der Waals surface area contributed by atoms with Crippen LogP contribution in [0.2, 0.25) is 0 Å². The molecule has 2 rings (SSSR count). The van der Waals surface area contributed by atoms with Gasteiger partial charge in [0.05, 0.1) is 0 Å². The minimum Gasteiger partial charge on any atom is -0.351 e. The van der Waals surface area contributed by atoms with E-state index in [2.05, 4.69) is 24.1 Å². The van der Waals surface area contributed by atoms with Crippen molar-refractivity contribution < 1.29 is 4.79 Å². The number of aromatic nitrogens is 1. The Morgan fingerprint density at radius 3 is 2.74 bits per heavy atom. The molecule has 0 aliphatic carbocycles. The zero-order valence-corrected chi connectivity index (χ0v) is 12.0. The van der Waals surface area contributed by atoms with Crippen molar-refractivity contribution in [2.75, 3.05) is 6.54 Å². The summed E-state index contributed by atoms with van der Waals surface area (Å²) in [5.74, 6) is 0.509. The molecule has 0 fully saturated rings. The number of amides is 1. The first-order valence-corrected chi connectivity index (χ1v) is 7.34. The number of benzene rings is 1. The lowest BCUT2D eigenvalue weighted by molar-refractivity contribution is 0.0948. The molecule has 19 heavy (non-hydrogen) atoms. The summed E-state index contributed by atoms with van der Waals surface area (Å²) in [4.78, 5) is 16.3. The highest BCUT2D eigenvalue weighted by atomic mass is 32.1. The van der Waals surface area contributed by atoms with Crippen LogP contribution in [-0.2, 0) is 0 Å². The molecule has 1 N–H and O–H groups in total. The van der Waals surface area contributed by atoms with E-state index in [1.54, 1.807) is 0 Å². The summed E-state index contributed by atoms with van der Waals surface area (Å²) in [6, 6.07) is 9.91. The molecule has 1 amide bonds. The molecule has 100 valence electrons. The molecular weight excluding hydrogens is 256 g/mol. The van der Waals surface area contributed by atoms with Crippen LogP contribution in [0.25, 0.3) is 10.6 Å². The van der Waals surface area contributed by atoms with Crippen molar-refractivity contribution in [1.82, 2.24) is 10.3 Å². The summed E-state index contributed by atoms with van der Waals surface area (Å²) in [6.45, 7) is 4.99. The van der Waals surface area contributed by atoms with Gasteiger partial charge in [-0.15, -0.1) is 11.3 Å². The average molecular weight is 274 g/mol. The van der Waals surface area contributed by atoms with Gasteiger partial charge in [0.25, 0.3) is 5.91 Å². The fourth-order valence-corrected chi connectivity index (χ4v) is 2.46. The summed E-state index contributed by atoms with van der Waals surface area (Å²) in [6.07, 6.45) is 0.988. The number of nitrogens with zero attached hydrogens (tertiary/aromatic N) is 1. The Hall–Kier alpha value is -1.68. The Kier molecular flexibility index (Phi) is 4.68. The van der Waals surface area contributed by atoms with Gasteiger partial charge < -0.3 is 5.32 Å². The van der Waals surface area contributed by atoms with Crippen LogP contribution in [0.5, 0.6) is 0 Å². The summed E-state index contributed by atoms with van der Waals surface area (Å²) in [7, 11) is 0. The minimum atomic E-state index is -0.0842. The minimum absolute atomic E-state index is 0.0842. The Morgan fingerprint density at radius 2 is 2.05 bits per heavy atom. The highest BCUT2D eigenvalue weighted by Gasteiger charge is 2.11. The predicted octanol–water partition coefficient (Wildman–Crippen LogP) is 3.59. The van der Waals surface area contributed by atoms with Gasteiger partial charge in [-0.3, -0.25) is 4.79 Å². The maximum atomic E-state index is 11.9. The van der Waals surface area contributed by atoms with Crippen LogP contribution < -0.4 is 5.32 Å².